The van der Waals surface area contributed by atoms with Gasteiger partial charge >= 0.3 is 0 Å². The van der Waals surface area contributed by atoms with Crippen molar-refractivity contribution in [3.05, 3.63) is 0 Å². The average Bonchev–Trinajstić information content (AvgIpc) is 2.34. The Morgan fingerprint density at radius 3 is 1.89 bits per heavy atom. The topological polar surface area (TPSA) is 0 Å². The van der Waals surface area contributed by atoms with E-state index in [2.05, 4.69) is 6.92 Å². The molecule has 4 fully saturated rings. The summed E-state index contributed by atoms with van der Waals surface area (Å²) in [6.07, 6.45) is 1.64. The van der Waals surface area contributed by atoms with Gasteiger partial charge in [-0.1, -0.05) is 6.92 Å². The smallest absolute Gasteiger partial charge is 0.0315 e. The third-order valence-electron chi connectivity index (χ3n) is 4.95. The van der Waals surface area contributed by atoms with Crippen molar-refractivity contribution in [1.82, 2.24) is 0 Å². The largest absolute Gasteiger partial charge is 0.0619 e. The maximum atomic E-state index is 2.48. The molecule has 0 aromatic carbocycles. The second-order valence-electron chi connectivity index (χ2n) is 4.73. The summed E-state index contributed by atoms with van der Waals surface area (Å²) in [5.74, 6) is 8.71. The van der Waals surface area contributed by atoms with Crippen molar-refractivity contribution in [3.8, 4) is 0 Å². The normalized spacial score (nSPS) is 87.0. The molecule has 0 saturated heterocycles. The molecule has 0 bridgehead atoms. The van der Waals surface area contributed by atoms with Gasteiger partial charge in [-0.3, -0.25) is 0 Å². The highest BCUT2D eigenvalue weighted by atomic mass is 14.9. The molecule has 7 atom stereocenters. The van der Waals surface area contributed by atoms with E-state index >= 15 is 0 Å². The molecule has 0 aliphatic heterocycles. The fraction of sp³-hybridized carbons (Fsp3) is 1.00. The van der Waals surface area contributed by atoms with Gasteiger partial charge in [0, 0.05) is 0 Å². The highest BCUT2D eigenvalue weighted by Gasteiger charge is 2.82. The van der Waals surface area contributed by atoms with Crippen molar-refractivity contribution >= 4 is 0 Å². The zero-order chi connectivity index (χ0) is 5.75. The summed E-state index contributed by atoms with van der Waals surface area (Å²) < 4.78 is 0. The monoisotopic (exact) mass is 120 g/mol. The molecule has 4 aliphatic carbocycles. The zero-order valence-electron chi connectivity index (χ0n) is 5.75. The van der Waals surface area contributed by atoms with Crippen LogP contribution in [0.4, 0.5) is 0 Å². The first kappa shape index (κ1) is 4.00. The molecule has 0 aromatic heterocycles. The van der Waals surface area contributed by atoms with Crippen LogP contribution in [0.2, 0.25) is 0 Å². The molecule has 0 nitrogen and oxygen atoms in total. The minimum Gasteiger partial charge on any atom is -0.0619 e. The SMILES string of the molecule is CC1C2CC3C4C1C2C34. The molecule has 4 saturated carbocycles. The summed E-state index contributed by atoms with van der Waals surface area (Å²) in [7, 11) is 0. The Kier molecular flexibility index (Phi) is 0.360. The first-order valence-electron chi connectivity index (χ1n) is 4.39. The molecular formula is C9H12. The molecule has 4 rings (SSSR count). The lowest BCUT2D eigenvalue weighted by atomic mass is 9.46. The summed E-state index contributed by atoms with van der Waals surface area (Å²) in [6, 6.07) is 0. The first-order valence-corrected chi connectivity index (χ1v) is 4.39. The van der Waals surface area contributed by atoms with Gasteiger partial charge in [-0.15, -0.1) is 0 Å². The van der Waals surface area contributed by atoms with Crippen LogP contribution < -0.4 is 0 Å². The van der Waals surface area contributed by atoms with Gasteiger partial charge in [0.25, 0.3) is 0 Å². The molecule has 4 aliphatic rings. The second-order valence-corrected chi connectivity index (χ2v) is 4.73. The zero-order valence-corrected chi connectivity index (χ0v) is 5.75. The Balaban J connectivity index is 1.90. The van der Waals surface area contributed by atoms with E-state index in [0.29, 0.717) is 0 Å². The Labute approximate surface area is 55.6 Å². The fourth-order valence-corrected chi connectivity index (χ4v) is 4.64. The van der Waals surface area contributed by atoms with Crippen LogP contribution in [-0.4, -0.2) is 0 Å². The van der Waals surface area contributed by atoms with Crippen LogP contribution in [0, 0.1) is 41.4 Å². The lowest BCUT2D eigenvalue weighted by Crippen LogP contribution is -2.54. The molecule has 0 amide bonds. The van der Waals surface area contributed by atoms with Gasteiger partial charge in [0.15, 0.2) is 0 Å². The lowest BCUT2D eigenvalue weighted by Gasteiger charge is -2.58. The summed E-state index contributed by atoms with van der Waals surface area (Å²) in [4.78, 5) is 0. The van der Waals surface area contributed by atoms with Crippen LogP contribution >= 0.6 is 0 Å². The molecule has 0 heterocycles. The molecular weight excluding hydrogens is 108 g/mol. The molecule has 9 heavy (non-hydrogen) atoms. The Bertz CT molecular complexity index is 183. The molecule has 0 aromatic rings. The molecule has 7 unspecified atom stereocenters. The van der Waals surface area contributed by atoms with Crippen molar-refractivity contribution in [1.29, 1.82) is 0 Å². The Hall–Kier alpha value is 0. The van der Waals surface area contributed by atoms with E-state index in [-0.39, 0.29) is 0 Å². The van der Waals surface area contributed by atoms with Crippen molar-refractivity contribution in [2.75, 3.05) is 0 Å². The number of hydrogen-bond acceptors (Lipinski definition) is 0. The van der Waals surface area contributed by atoms with Crippen LogP contribution in [0.5, 0.6) is 0 Å². The third-order valence-corrected chi connectivity index (χ3v) is 4.95. The molecule has 48 valence electrons. The highest BCUT2D eigenvalue weighted by molar-refractivity contribution is 5.29. The maximum Gasteiger partial charge on any atom is -0.0315 e. The van der Waals surface area contributed by atoms with E-state index in [1.807, 2.05) is 0 Å². The van der Waals surface area contributed by atoms with Crippen LogP contribution in [0.25, 0.3) is 0 Å². The molecule has 0 spiro atoms. The standard InChI is InChI=1S/C9H12/c1-3-4-2-5-8-6(3)7(4)9(5)8/h3-9H,2H2,1H3. The average molecular weight is 120 g/mol. The van der Waals surface area contributed by atoms with Crippen molar-refractivity contribution in [2.45, 2.75) is 13.3 Å². The van der Waals surface area contributed by atoms with Gasteiger partial charge in [-0.05, 0) is 47.8 Å². The van der Waals surface area contributed by atoms with Gasteiger partial charge in [0.05, 0.1) is 0 Å². The maximum absolute atomic E-state index is 2.48. The van der Waals surface area contributed by atoms with Crippen LogP contribution in [0.15, 0.2) is 0 Å². The van der Waals surface area contributed by atoms with Gasteiger partial charge in [-0.2, -0.15) is 0 Å². The van der Waals surface area contributed by atoms with Crippen LogP contribution in [0.3, 0.4) is 0 Å². The third kappa shape index (κ3) is 0.199. The van der Waals surface area contributed by atoms with Gasteiger partial charge in [0.1, 0.15) is 0 Å². The number of rotatable bonds is 0. The van der Waals surface area contributed by atoms with Crippen molar-refractivity contribution in [2.24, 2.45) is 41.4 Å². The van der Waals surface area contributed by atoms with E-state index in [1.54, 1.807) is 6.42 Å². The predicted octanol–water partition coefficient (Wildman–Crippen LogP) is 1.76. The number of fused-ring (bicyclic) bond motifs is 2. The molecule has 0 heteroatoms. The summed E-state index contributed by atoms with van der Waals surface area (Å²) in [5, 5.41) is 0. The summed E-state index contributed by atoms with van der Waals surface area (Å²) in [5.41, 5.74) is 0. The predicted molar refractivity (Wildman–Crippen MR) is 34.7 cm³/mol. The Morgan fingerprint density at radius 2 is 1.56 bits per heavy atom. The van der Waals surface area contributed by atoms with Gasteiger partial charge < -0.3 is 0 Å². The van der Waals surface area contributed by atoms with Gasteiger partial charge in [0.2, 0.25) is 0 Å². The molecule has 0 N–H and O–H groups in total. The quantitative estimate of drug-likeness (QED) is 0.457. The van der Waals surface area contributed by atoms with Crippen LogP contribution in [-0.2, 0) is 0 Å². The van der Waals surface area contributed by atoms with E-state index in [4.69, 9.17) is 0 Å². The van der Waals surface area contributed by atoms with E-state index in [9.17, 15) is 0 Å². The van der Waals surface area contributed by atoms with E-state index in [0.717, 1.165) is 5.92 Å². The van der Waals surface area contributed by atoms with E-state index < -0.39 is 0 Å². The summed E-state index contributed by atoms with van der Waals surface area (Å²) in [6.45, 7) is 2.48. The molecule has 0 radical (unpaired) electrons. The lowest BCUT2D eigenvalue weighted by molar-refractivity contribution is -0.110. The fourth-order valence-electron chi connectivity index (χ4n) is 4.64. The minimum atomic E-state index is 1.15. The minimum absolute atomic E-state index is 1.15. The first-order chi connectivity index (χ1) is 4.39. The van der Waals surface area contributed by atoms with Crippen molar-refractivity contribution in [3.63, 3.8) is 0 Å². The van der Waals surface area contributed by atoms with Crippen LogP contribution in [0.1, 0.15) is 13.3 Å². The van der Waals surface area contributed by atoms with E-state index in [1.165, 1.54) is 35.5 Å². The Morgan fingerprint density at radius 1 is 0.889 bits per heavy atom. The number of hydrogen-bond donors (Lipinski definition) is 0. The van der Waals surface area contributed by atoms with Gasteiger partial charge in [-0.25, -0.2) is 0 Å². The highest BCUT2D eigenvalue weighted by Crippen LogP contribution is 2.86. The summed E-state index contributed by atoms with van der Waals surface area (Å²) >= 11 is 0. The van der Waals surface area contributed by atoms with Crippen molar-refractivity contribution < 1.29 is 0 Å². The second kappa shape index (κ2) is 0.810.